The number of carbonyl (C=O) groups excluding carboxylic acids is 2. The summed E-state index contributed by atoms with van der Waals surface area (Å²) in [5.74, 6) is 1.35. The summed E-state index contributed by atoms with van der Waals surface area (Å²) >= 11 is 1.69. The Morgan fingerprint density at radius 2 is 2.14 bits per heavy atom. The van der Waals surface area contributed by atoms with Crippen LogP contribution in [-0.2, 0) is 29.4 Å². The Hall–Kier alpha value is -3.07. The number of anilines is 1. The van der Waals surface area contributed by atoms with Crippen LogP contribution in [0.3, 0.4) is 0 Å². The zero-order chi connectivity index (χ0) is 19.5. The second-order valence-electron chi connectivity index (χ2n) is 6.24. The van der Waals surface area contributed by atoms with Crippen molar-refractivity contribution in [3.63, 3.8) is 0 Å². The average molecular weight is 400 g/mol. The molecule has 0 spiro atoms. The average Bonchev–Trinajstić information content (AvgIpc) is 3.40. The smallest absolute Gasteiger partial charge is 0.256 e. The monoisotopic (exact) mass is 400 g/mol. The minimum atomic E-state index is -0.487. The van der Waals surface area contributed by atoms with Crippen molar-refractivity contribution < 1.29 is 18.4 Å². The number of carbonyl (C=O) groups is 2. The fourth-order valence-corrected chi connectivity index (χ4v) is 3.96. The normalized spacial score (nSPS) is 12.6. The topological polar surface area (TPSA) is 89.2 Å². The zero-order valence-corrected chi connectivity index (χ0v) is 15.6. The molecule has 0 atom stereocenters. The predicted molar refractivity (Wildman–Crippen MR) is 102 cm³/mol. The molecule has 2 N–H and O–H groups in total. The van der Waals surface area contributed by atoms with Crippen LogP contribution in [0.4, 0.5) is 10.2 Å². The highest BCUT2D eigenvalue weighted by atomic mass is 32.2. The van der Waals surface area contributed by atoms with Crippen LogP contribution in [0.5, 0.6) is 0 Å². The van der Waals surface area contributed by atoms with E-state index in [-0.39, 0.29) is 24.6 Å². The number of benzene rings is 1. The number of halogens is 1. The van der Waals surface area contributed by atoms with Crippen LogP contribution in [0.25, 0.3) is 0 Å². The van der Waals surface area contributed by atoms with Gasteiger partial charge in [-0.25, -0.2) is 9.07 Å². The van der Waals surface area contributed by atoms with Crippen molar-refractivity contribution in [3.05, 3.63) is 71.1 Å². The Morgan fingerprint density at radius 1 is 1.25 bits per heavy atom. The molecule has 1 aliphatic heterocycles. The van der Waals surface area contributed by atoms with Crippen molar-refractivity contribution in [2.24, 2.45) is 0 Å². The summed E-state index contributed by atoms with van der Waals surface area (Å²) in [4.78, 5) is 24.9. The highest BCUT2D eigenvalue weighted by molar-refractivity contribution is 7.98. The van der Waals surface area contributed by atoms with Gasteiger partial charge in [0.05, 0.1) is 18.5 Å². The number of amides is 2. The second-order valence-corrected chi connectivity index (χ2v) is 7.23. The van der Waals surface area contributed by atoms with Crippen LogP contribution >= 0.6 is 11.8 Å². The van der Waals surface area contributed by atoms with E-state index in [4.69, 9.17) is 4.42 Å². The van der Waals surface area contributed by atoms with Gasteiger partial charge >= 0.3 is 0 Å². The molecule has 0 fully saturated rings. The van der Waals surface area contributed by atoms with E-state index in [0.717, 1.165) is 17.0 Å². The molecule has 1 aromatic carbocycles. The SMILES string of the molecule is O=C(Cn1nc2c(c1NC(=O)c1cccc(F)c1)CSC2)NCc1ccco1. The standard InChI is InChI=1S/C19H17FN4O3S/c20-13-4-1-3-12(7-13)19(26)22-18-15-10-28-11-16(15)23-24(18)9-17(25)21-8-14-5-2-6-27-14/h1-7H,8-11H2,(H,21,25)(H,22,26). The van der Waals surface area contributed by atoms with Crippen molar-refractivity contribution in [2.45, 2.75) is 24.6 Å². The van der Waals surface area contributed by atoms with Gasteiger partial charge < -0.3 is 15.1 Å². The zero-order valence-electron chi connectivity index (χ0n) is 14.8. The Balaban J connectivity index is 1.50. The Morgan fingerprint density at radius 3 is 2.93 bits per heavy atom. The van der Waals surface area contributed by atoms with Gasteiger partial charge in [-0.2, -0.15) is 16.9 Å². The van der Waals surface area contributed by atoms with Gasteiger partial charge in [0.2, 0.25) is 5.91 Å². The molecule has 0 saturated heterocycles. The van der Waals surface area contributed by atoms with E-state index in [1.54, 1.807) is 23.9 Å². The second kappa shape index (κ2) is 7.89. The number of rotatable bonds is 6. The van der Waals surface area contributed by atoms with Crippen molar-refractivity contribution in [1.82, 2.24) is 15.1 Å². The number of nitrogens with zero attached hydrogens (tertiary/aromatic N) is 2. The van der Waals surface area contributed by atoms with E-state index in [2.05, 4.69) is 15.7 Å². The first-order valence-electron chi connectivity index (χ1n) is 8.62. The van der Waals surface area contributed by atoms with Gasteiger partial charge in [-0.15, -0.1) is 0 Å². The Kier molecular flexibility index (Phi) is 5.16. The maximum Gasteiger partial charge on any atom is 0.256 e. The first kappa shape index (κ1) is 18.3. The van der Waals surface area contributed by atoms with E-state index in [9.17, 15) is 14.0 Å². The van der Waals surface area contributed by atoms with E-state index >= 15 is 0 Å². The summed E-state index contributed by atoms with van der Waals surface area (Å²) in [5.41, 5.74) is 1.95. The lowest BCUT2D eigenvalue weighted by molar-refractivity contribution is -0.122. The molecule has 0 radical (unpaired) electrons. The molecule has 2 amide bonds. The molecule has 0 aliphatic carbocycles. The van der Waals surface area contributed by atoms with Crippen LogP contribution in [0.15, 0.2) is 47.1 Å². The molecule has 0 bridgehead atoms. The number of hydrogen-bond donors (Lipinski definition) is 2. The summed E-state index contributed by atoms with van der Waals surface area (Å²) in [6.45, 7) is 0.227. The van der Waals surface area contributed by atoms with E-state index in [1.807, 2.05) is 0 Å². The van der Waals surface area contributed by atoms with Gasteiger partial charge in [-0.05, 0) is 30.3 Å². The molecule has 9 heteroatoms. The van der Waals surface area contributed by atoms with E-state index in [1.165, 1.54) is 35.2 Å². The lowest BCUT2D eigenvalue weighted by Crippen LogP contribution is -2.28. The highest BCUT2D eigenvalue weighted by Crippen LogP contribution is 2.34. The van der Waals surface area contributed by atoms with Gasteiger partial charge in [0, 0.05) is 22.6 Å². The molecule has 28 heavy (non-hydrogen) atoms. The number of thioether (sulfide) groups is 1. The van der Waals surface area contributed by atoms with E-state index in [0.29, 0.717) is 17.3 Å². The first-order valence-corrected chi connectivity index (χ1v) is 9.78. The van der Waals surface area contributed by atoms with Crippen molar-refractivity contribution in [3.8, 4) is 0 Å². The highest BCUT2D eigenvalue weighted by Gasteiger charge is 2.25. The minimum absolute atomic E-state index is 0.0445. The summed E-state index contributed by atoms with van der Waals surface area (Å²) in [6, 6.07) is 8.97. The third-order valence-electron chi connectivity index (χ3n) is 4.27. The van der Waals surface area contributed by atoms with Gasteiger partial charge in [0.15, 0.2) is 0 Å². The van der Waals surface area contributed by atoms with Crippen molar-refractivity contribution in [2.75, 3.05) is 5.32 Å². The number of nitrogens with one attached hydrogen (secondary N) is 2. The predicted octanol–water partition coefficient (Wildman–Crippen LogP) is 2.93. The number of furan rings is 1. The summed E-state index contributed by atoms with van der Waals surface area (Å²) in [6.07, 6.45) is 1.54. The third kappa shape index (κ3) is 3.94. The van der Waals surface area contributed by atoms with Gasteiger partial charge in [0.1, 0.15) is 23.9 Å². The molecule has 7 nitrogen and oxygen atoms in total. The van der Waals surface area contributed by atoms with Crippen LogP contribution in [0, 0.1) is 5.82 Å². The summed E-state index contributed by atoms with van der Waals surface area (Å²) in [5, 5.41) is 10.0. The van der Waals surface area contributed by atoms with E-state index < -0.39 is 11.7 Å². The molecular weight excluding hydrogens is 383 g/mol. The van der Waals surface area contributed by atoms with Crippen molar-refractivity contribution in [1.29, 1.82) is 0 Å². The lowest BCUT2D eigenvalue weighted by Gasteiger charge is -2.11. The fraction of sp³-hybridized carbons (Fsp3) is 0.211. The number of aromatic nitrogens is 2. The van der Waals surface area contributed by atoms with Gasteiger partial charge in [-0.3, -0.25) is 9.59 Å². The Bertz CT molecular complexity index is 1020. The first-order chi connectivity index (χ1) is 13.6. The molecule has 1 aliphatic rings. The largest absolute Gasteiger partial charge is 0.467 e. The van der Waals surface area contributed by atoms with Crippen LogP contribution < -0.4 is 10.6 Å². The van der Waals surface area contributed by atoms with Crippen LogP contribution in [0.2, 0.25) is 0 Å². The Labute approximate surface area is 164 Å². The number of fused-ring (bicyclic) bond motifs is 1. The molecule has 0 unspecified atom stereocenters. The summed E-state index contributed by atoms with van der Waals surface area (Å²) in [7, 11) is 0. The fourth-order valence-electron chi connectivity index (χ4n) is 2.92. The van der Waals surface area contributed by atoms with Crippen LogP contribution in [0.1, 0.15) is 27.4 Å². The quantitative estimate of drug-likeness (QED) is 0.664. The molecule has 3 heterocycles. The molecule has 3 aromatic rings. The van der Waals surface area contributed by atoms with Gasteiger partial charge in [-0.1, -0.05) is 6.07 Å². The molecule has 4 rings (SSSR count). The lowest BCUT2D eigenvalue weighted by atomic mass is 10.2. The summed E-state index contributed by atoms with van der Waals surface area (Å²) < 4.78 is 20.1. The minimum Gasteiger partial charge on any atom is -0.467 e. The maximum absolute atomic E-state index is 13.4. The van der Waals surface area contributed by atoms with Crippen molar-refractivity contribution >= 4 is 29.4 Å². The molecule has 2 aromatic heterocycles. The molecule has 144 valence electrons. The van der Waals surface area contributed by atoms with Crippen LogP contribution in [-0.4, -0.2) is 21.6 Å². The molecular formula is C19H17FN4O3S. The van der Waals surface area contributed by atoms with Gasteiger partial charge in [0.25, 0.3) is 5.91 Å². The third-order valence-corrected chi connectivity index (χ3v) is 5.24. The molecule has 0 saturated carbocycles. The maximum atomic E-state index is 13.4. The number of hydrogen-bond acceptors (Lipinski definition) is 5.